The minimum Gasteiger partial charge on any atom is -0.506 e. The Kier molecular flexibility index (Phi) is 8.59. The number of benzene rings is 1. The van der Waals surface area contributed by atoms with Crippen molar-refractivity contribution in [2.45, 2.75) is 26.3 Å². The van der Waals surface area contributed by atoms with Crippen LogP contribution in [0.3, 0.4) is 0 Å². The summed E-state index contributed by atoms with van der Waals surface area (Å²) in [7, 11) is 0. The Balaban J connectivity index is 1.62. The molecule has 2 amide bonds. The second-order valence-electron chi connectivity index (χ2n) is 9.00. The SMILES string of the molecule is CC1(C)CN=C(Nc2cncc(C(=O)NCC(=O)N[C@@H](CC(=O)O)c3cc(Cl)cc(Cl)c3O)c2)NC1. The lowest BCUT2D eigenvalue weighted by Gasteiger charge is -2.29. The average Bonchev–Trinajstić information content (AvgIpc) is 2.80. The fourth-order valence-corrected chi connectivity index (χ4v) is 3.86. The highest BCUT2D eigenvalue weighted by Crippen LogP contribution is 2.36. The maximum atomic E-state index is 12.6. The molecule has 11 nitrogen and oxygen atoms in total. The average molecular weight is 537 g/mol. The largest absolute Gasteiger partial charge is 0.506 e. The van der Waals surface area contributed by atoms with E-state index in [1.807, 2.05) is 0 Å². The first-order valence-corrected chi connectivity index (χ1v) is 11.7. The molecule has 1 aromatic heterocycles. The van der Waals surface area contributed by atoms with E-state index in [9.17, 15) is 24.6 Å². The first kappa shape index (κ1) is 27.0. The third-order valence-electron chi connectivity index (χ3n) is 5.22. The van der Waals surface area contributed by atoms with Gasteiger partial charge in [0.25, 0.3) is 5.91 Å². The second-order valence-corrected chi connectivity index (χ2v) is 9.84. The maximum absolute atomic E-state index is 12.6. The molecule has 1 aliphatic heterocycles. The quantitative estimate of drug-likeness (QED) is 0.299. The van der Waals surface area contributed by atoms with Gasteiger partial charge in [0.2, 0.25) is 5.91 Å². The maximum Gasteiger partial charge on any atom is 0.305 e. The number of pyridine rings is 1. The molecule has 2 aromatic rings. The van der Waals surface area contributed by atoms with Gasteiger partial charge >= 0.3 is 5.97 Å². The Hall–Kier alpha value is -3.57. The predicted molar refractivity (Wildman–Crippen MR) is 136 cm³/mol. The Bertz CT molecular complexity index is 1200. The van der Waals surface area contributed by atoms with E-state index in [4.69, 9.17) is 23.2 Å². The minimum absolute atomic E-state index is 0.0418. The van der Waals surface area contributed by atoms with Crippen molar-refractivity contribution < 1.29 is 24.6 Å². The van der Waals surface area contributed by atoms with Crippen molar-refractivity contribution in [2.24, 2.45) is 10.4 Å². The molecule has 0 spiro atoms. The summed E-state index contributed by atoms with van der Waals surface area (Å²) < 4.78 is 0. The number of hydrogen-bond donors (Lipinski definition) is 6. The van der Waals surface area contributed by atoms with Crippen LogP contribution in [0.2, 0.25) is 10.0 Å². The second kappa shape index (κ2) is 11.4. The van der Waals surface area contributed by atoms with Crippen molar-refractivity contribution in [3.05, 3.63) is 51.8 Å². The van der Waals surface area contributed by atoms with Crippen LogP contribution in [0.25, 0.3) is 0 Å². The molecule has 1 aromatic carbocycles. The normalized spacial score (nSPS) is 15.2. The van der Waals surface area contributed by atoms with Crippen LogP contribution < -0.4 is 21.3 Å². The van der Waals surface area contributed by atoms with Crippen molar-refractivity contribution in [1.82, 2.24) is 20.9 Å². The molecule has 0 aliphatic carbocycles. The number of halogens is 2. The molecule has 2 heterocycles. The van der Waals surface area contributed by atoms with Crippen molar-refractivity contribution in [1.29, 1.82) is 0 Å². The van der Waals surface area contributed by atoms with Gasteiger partial charge in [0.1, 0.15) is 5.75 Å². The Morgan fingerprint density at radius 2 is 1.94 bits per heavy atom. The van der Waals surface area contributed by atoms with Crippen LogP contribution in [0.5, 0.6) is 5.75 Å². The highest BCUT2D eigenvalue weighted by molar-refractivity contribution is 6.35. The molecule has 0 saturated carbocycles. The fraction of sp³-hybridized carbons (Fsp3) is 0.348. The zero-order valence-corrected chi connectivity index (χ0v) is 21.1. The zero-order valence-electron chi connectivity index (χ0n) is 19.6. The van der Waals surface area contributed by atoms with Crippen LogP contribution in [0.4, 0.5) is 5.69 Å². The molecule has 1 atom stereocenters. The minimum atomic E-state index is -1.23. The summed E-state index contributed by atoms with van der Waals surface area (Å²) in [4.78, 5) is 44.9. The van der Waals surface area contributed by atoms with Crippen LogP contribution in [-0.4, -0.2) is 58.6 Å². The first-order chi connectivity index (χ1) is 16.9. The molecule has 0 radical (unpaired) electrons. The molecule has 36 heavy (non-hydrogen) atoms. The highest BCUT2D eigenvalue weighted by Gasteiger charge is 2.24. The lowest BCUT2D eigenvalue weighted by molar-refractivity contribution is -0.137. The molecule has 3 rings (SSSR count). The highest BCUT2D eigenvalue weighted by atomic mass is 35.5. The number of amides is 2. The summed E-state index contributed by atoms with van der Waals surface area (Å²) >= 11 is 11.9. The summed E-state index contributed by atoms with van der Waals surface area (Å²) in [6, 6.07) is 3.03. The Labute approximate surface area is 217 Å². The fourth-order valence-electron chi connectivity index (χ4n) is 3.35. The summed E-state index contributed by atoms with van der Waals surface area (Å²) in [6.07, 6.45) is 2.33. The van der Waals surface area contributed by atoms with Gasteiger partial charge in [-0.3, -0.25) is 24.4 Å². The Morgan fingerprint density at radius 1 is 1.19 bits per heavy atom. The van der Waals surface area contributed by atoms with E-state index in [1.165, 1.54) is 24.5 Å². The standard InChI is InChI=1S/C23H26Cl2N6O5/c1-23(2)10-28-22(29-11-23)30-14-3-12(7-26-8-14)21(36)27-9-18(32)31-17(6-19(33)34)15-4-13(24)5-16(25)20(15)35/h3-5,7-8,17,35H,6,9-11H2,1-2H3,(H,27,36)(H,31,32)(H,33,34)(H2,28,29,30)/t17-/m0/s1. The summed E-state index contributed by atoms with van der Waals surface area (Å²) in [5.41, 5.74) is 0.825. The number of carbonyl (C=O) groups excluding carboxylic acids is 2. The van der Waals surface area contributed by atoms with Crippen molar-refractivity contribution in [3.8, 4) is 5.75 Å². The van der Waals surface area contributed by atoms with E-state index in [2.05, 4.69) is 45.1 Å². The van der Waals surface area contributed by atoms with Crippen LogP contribution in [0.1, 0.15) is 42.2 Å². The van der Waals surface area contributed by atoms with Crippen LogP contribution in [0.15, 0.2) is 35.6 Å². The number of aliphatic imine (C=N–C) groups is 1. The molecular formula is C23H26Cl2N6O5. The van der Waals surface area contributed by atoms with Crippen LogP contribution in [0, 0.1) is 5.41 Å². The number of guanidine groups is 1. The lowest BCUT2D eigenvalue weighted by atomic mass is 9.93. The molecule has 192 valence electrons. The van der Waals surface area contributed by atoms with E-state index >= 15 is 0 Å². The monoisotopic (exact) mass is 536 g/mol. The molecular weight excluding hydrogens is 511 g/mol. The van der Waals surface area contributed by atoms with E-state index < -0.39 is 42.5 Å². The van der Waals surface area contributed by atoms with Gasteiger partial charge in [0.15, 0.2) is 5.96 Å². The number of nitrogens with zero attached hydrogens (tertiary/aromatic N) is 2. The van der Waals surface area contributed by atoms with Gasteiger partial charge in [-0.1, -0.05) is 37.0 Å². The van der Waals surface area contributed by atoms with Crippen LogP contribution >= 0.6 is 23.2 Å². The number of nitrogens with one attached hydrogen (secondary N) is 4. The molecule has 0 fully saturated rings. The number of hydrogen-bond acceptors (Lipinski definition) is 8. The topological polar surface area (TPSA) is 165 Å². The van der Waals surface area contributed by atoms with Crippen molar-refractivity contribution in [3.63, 3.8) is 0 Å². The number of anilines is 1. The number of carbonyl (C=O) groups is 3. The van der Waals surface area contributed by atoms with E-state index in [0.717, 1.165) is 6.54 Å². The van der Waals surface area contributed by atoms with Crippen LogP contribution in [-0.2, 0) is 9.59 Å². The van der Waals surface area contributed by atoms with Crippen molar-refractivity contribution >= 4 is 52.6 Å². The summed E-state index contributed by atoms with van der Waals surface area (Å²) in [6.45, 7) is 5.13. The lowest BCUT2D eigenvalue weighted by Crippen LogP contribution is -2.44. The molecule has 13 heteroatoms. The van der Waals surface area contributed by atoms with Gasteiger partial charge in [-0.25, -0.2) is 0 Å². The summed E-state index contributed by atoms with van der Waals surface area (Å²) in [5, 5.41) is 30.7. The Morgan fingerprint density at radius 3 is 2.61 bits per heavy atom. The van der Waals surface area contributed by atoms with E-state index in [-0.39, 0.29) is 26.6 Å². The number of aromatic hydroxyl groups is 1. The number of carboxylic acids is 1. The van der Waals surface area contributed by atoms with Gasteiger partial charge in [-0.2, -0.15) is 0 Å². The number of aromatic nitrogens is 1. The van der Waals surface area contributed by atoms with Gasteiger partial charge < -0.3 is 31.5 Å². The number of aliphatic carboxylic acids is 1. The third kappa shape index (κ3) is 7.46. The molecule has 0 bridgehead atoms. The zero-order chi connectivity index (χ0) is 26.5. The number of phenols is 1. The van der Waals surface area contributed by atoms with Gasteiger partial charge in [-0.15, -0.1) is 0 Å². The van der Waals surface area contributed by atoms with Gasteiger partial charge in [0, 0.05) is 35.3 Å². The number of carboxylic acid groups (broad SMARTS) is 1. The molecule has 6 N–H and O–H groups in total. The number of rotatable bonds is 8. The molecule has 1 aliphatic rings. The summed E-state index contributed by atoms with van der Waals surface area (Å²) in [5.74, 6) is -2.30. The van der Waals surface area contributed by atoms with E-state index in [0.29, 0.717) is 18.2 Å². The predicted octanol–water partition coefficient (Wildman–Crippen LogP) is 2.55. The van der Waals surface area contributed by atoms with Crippen molar-refractivity contribution in [2.75, 3.05) is 25.0 Å². The van der Waals surface area contributed by atoms with E-state index in [1.54, 1.807) is 6.07 Å². The smallest absolute Gasteiger partial charge is 0.305 e. The first-order valence-electron chi connectivity index (χ1n) is 10.9. The van der Waals surface area contributed by atoms with Gasteiger partial charge in [-0.05, 0) is 18.2 Å². The molecule has 0 saturated heterocycles. The molecule has 0 unspecified atom stereocenters. The number of phenolic OH excluding ortho intramolecular Hbond substituents is 1. The third-order valence-corrected chi connectivity index (χ3v) is 5.73. The van der Waals surface area contributed by atoms with Gasteiger partial charge in [0.05, 0.1) is 41.5 Å².